The van der Waals surface area contributed by atoms with Crippen LogP contribution in [0.15, 0.2) is 24.4 Å². The van der Waals surface area contributed by atoms with Crippen molar-refractivity contribution >= 4 is 6.29 Å². The number of rotatable bonds is 3. The average Bonchev–Trinajstić information content (AvgIpc) is 2.71. The number of aryl methyl sites for hydroxylation is 1. The zero-order chi connectivity index (χ0) is 12.4. The Bertz CT molecular complexity index is 561. The van der Waals surface area contributed by atoms with Crippen LogP contribution in [0.2, 0.25) is 0 Å². The Kier molecular flexibility index (Phi) is 3.04. The van der Waals surface area contributed by atoms with E-state index in [1.54, 1.807) is 18.3 Å². The van der Waals surface area contributed by atoms with Gasteiger partial charge in [0.25, 0.3) is 0 Å². The van der Waals surface area contributed by atoms with Crippen molar-refractivity contribution in [1.82, 2.24) is 9.78 Å². The number of hydrogen-bond donors (Lipinski definition) is 0. The van der Waals surface area contributed by atoms with Crippen LogP contribution in [0.1, 0.15) is 23.0 Å². The van der Waals surface area contributed by atoms with Gasteiger partial charge in [0.15, 0.2) is 6.29 Å². The lowest BCUT2D eigenvalue weighted by Gasteiger charge is -2.04. The molecule has 0 atom stereocenters. The molecule has 0 aliphatic carbocycles. The molecule has 0 radical (unpaired) electrons. The fraction of sp³-hybridized carbons (Fsp3) is 0.231. The highest BCUT2D eigenvalue weighted by Crippen LogP contribution is 2.24. The molecule has 0 spiro atoms. The smallest absolute Gasteiger partial charge is 0.153 e. The monoisotopic (exact) mass is 232 g/mol. The Morgan fingerprint density at radius 2 is 2.24 bits per heavy atom. The first kappa shape index (κ1) is 11.5. The minimum atomic E-state index is -0.496. The molecule has 0 fully saturated rings. The Hall–Kier alpha value is -1.97. The molecule has 0 saturated heterocycles. The molecular weight excluding hydrogens is 219 g/mol. The first-order valence-electron chi connectivity index (χ1n) is 5.45. The van der Waals surface area contributed by atoms with Gasteiger partial charge < -0.3 is 0 Å². The van der Waals surface area contributed by atoms with Gasteiger partial charge in [-0.2, -0.15) is 5.10 Å². The van der Waals surface area contributed by atoms with Gasteiger partial charge in [-0.25, -0.2) is 4.39 Å². The first-order chi connectivity index (χ1) is 8.17. The molecule has 0 amide bonds. The van der Waals surface area contributed by atoms with Crippen molar-refractivity contribution in [3.8, 4) is 11.1 Å². The highest BCUT2D eigenvalue weighted by Gasteiger charge is 2.10. The van der Waals surface area contributed by atoms with E-state index in [0.29, 0.717) is 6.29 Å². The largest absolute Gasteiger partial charge is 0.298 e. The normalized spacial score (nSPS) is 10.5. The van der Waals surface area contributed by atoms with Crippen LogP contribution in [0.5, 0.6) is 0 Å². The summed E-state index contributed by atoms with van der Waals surface area (Å²) < 4.78 is 15.1. The summed E-state index contributed by atoms with van der Waals surface area (Å²) in [6.07, 6.45) is 2.26. The molecule has 2 rings (SSSR count). The van der Waals surface area contributed by atoms with E-state index in [9.17, 15) is 9.18 Å². The maximum Gasteiger partial charge on any atom is 0.153 e. The fourth-order valence-electron chi connectivity index (χ4n) is 1.85. The number of benzene rings is 1. The summed E-state index contributed by atoms with van der Waals surface area (Å²) >= 11 is 0. The maximum absolute atomic E-state index is 13.2. The number of carbonyl (C=O) groups is 1. The third-order valence-corrected chi connectivity index (χ3v) is 2.84. The van der Waals surface area contributed by atoms with Crippen LogP contribution < -0.4 is 0 Å². The zero-order valence-corrected chi connectivity index (χ0v) is 9.77. The molecule has 4 heteroatoms. The van der Waals surface area contributed by atoms with Gasteiger partial charge in [0.1, 0.15) is 5.82 Å². The number of halogens is 1. The van der Waals surface area contributed by atoms with Crippen molar-refractivity contribution in [2.75, 3.05) is 0 Å². The molecule has 0 aliphatic heterocycles. The summed E-state index contributed by atoms with van der Waals surface area (Å²) in [6, 6.07) is 4.51. The topological polar surface area (TPSA) is 34.9 Å². The van der Waals surface area contributed by atoms with E-state index in [4.69, 9.17) is 0 Å². The Morgan fingerprint density at radius 1 is 1.47 bits per heavy atom. The molecule has 0 N–H and O–H groups in total. The quantitative estimate of drug-likeness (QED) is 0.763. The van der Waals surface area contributed by atoms with E-state index in [1.807, 2.05) is 18.5 Å². The minimum absolute atomic E-state index is 0.0751. The van der Waals surface area contributed by atoms with Crippen molar-refractivity contribution in [3.05, 3.63) is 41.5 Å². The molecule has 1 aromatic carbocycles. The van der Waals surface area contributed by atoms with Gasteiger partial charge in [0, 0.05) is 17.8 Å². The number of hydrogen-bond acceptors (Lipinski definition) is 2. The van der Waals surface area contributed by atoms with Gasteiger partial charge in [0.05, 0.1) is 11.8 Å². The molecule has 2 aromatic rings. The van der Waals surface area contributed by atoms with Crippen molar-refractivity contribution in [1.29, 1.82) is 0 Å². The van der Waals surface area contributed by atoms with E-state index < -0.39 is 5.82 Å². The lowest BCUT2D eigenvalue weighted by molar-refractivity contribution is 0.112. The lowest BCUT2D eigenvalue weighted by atomic mass is 10.0. The van der Waals surface area contributed by atoms with E-state index >= 15 is 0 Å². The molecule has 88 valence electrons. The second kappa shape index (κ2) is 4.49. The Balaban J connectivity index is 2.52. The summed E-state index contributed by atoms with van der Waals surface area (Å²) in [7, 11) is 0. The van der Waals surface area contributed by atoms with Crippen molar-refractivity contribution < 1.29 is 9.18 Å². The molecule has 0 aliphatic rings. The van der Waals surface area contributed by atoms with Gasteiger partial charge in [-0.05, 0) is 31.5 Å². The van der Waals surface area contributed by atoms with Gasteiger partial charge in [0.2, 0.25) is 0 Å². The lowest BCUT2D eigenvalue weighted by Crippen LogP contribution is -1.98. The number of nitrogens with zero attached hydrogens (tertiary/aromatic N) is 2. The Morgan fingerprint density at radius 3 is 2.82 bits per heavy atom. The first-order valence-corrected chi connectivity index (χ1v) is 5.45. The second-order valence-electron chi connectivity index (χ2n) is 3.81. The summed E-state index contributed by atoms with van der Waals surface area (Å²) in [5, 5.41) is 4.22. The summed E-state index contributed by atoms with van der Waals surface area (Å²) in [5.74, 6) is -0.496. The van der Waals surface area contributed by atoms with E-state index in [-0.39, 0.29) is 5.56 Å². The van der Waals surface area contributed by atoms with E-state index in [0.717, 1.165) is 23.4 Å². The SMILES string of the molecule is CCn1ncc(-c2ccc(F)c(C=O)c2)c1C. The van der Waals surface area contributed by atoms with Crippen LogP contribution in [-0.4, -0.2) is 16.1 Å². The highest BCUT2D eigenvalue weighted by molar-refractivity contribution is 5.79. The molecule has 3 nitrogen and oxygen atoms in total. The molecule has 17 heavy (non-hydrogen) atoms. The van der Waals surface area contributed by atoms with Crippen molar-refractivity contribution in [3.63, 3.8) is 0 Å². The van der Waals surface area contributed by atoms with Crippen molar-refractivity contribution in [2.24, 2.45) is 0 Å². The minimum Gasteiger partial charge on any atom is -0.298 e. The van der Waals surface area contributed by atoms with Crippen LogP contribution >= 0.6 is 0 Å². The molecular formula is C13H13FN2O. The molecule has 0 bridgehead atoms. The number of carbonyl (C=O) groups excluding carboxylic acids is 1. The highest BCUT2D eigenvalue weighted by atomic mass is 19.1. The van der Waals surface area contributed by atoms with Gasteiger partial charge >= 0.3 is 0 Å². The summed E-state index contributed by atoms with van der Waals surface area (Å²) in [5.41, 5.74) is 2.82. The second-order valence-corrected chi connectivity index (χ2v) is 3.81. The molecule has 0 unspecified atom stereocenters. The zero-order valence-electron chi connectivity index (χ0n) is 9.77. The molecule has 0 saturated carbocycles. The standard InChI is InChI=1S/C13H13FN2O/c1-3-16-9(2)12(7-15-16)10-4-5-13(14)11(6-10)8-17/h4-8H,3H2,1-2H3. The van der Waals surface area contributed by atoms with E-state index in [2.05, 4.69) is 5.10 Å². The third kappa shape index (κ3) is 1.98. The van der Waals surface area contributed by atoms with E-state index in [1.165, 1.54) is 6.07 Å². The summed E-state index contributed by atoms with van der Waals surface area (Å²) in [6.45, 7) is 4.74. The predicted octanol–water partition coefficient (Wildman–Crippen LogP) is 2.83. The fourth-order valence-corrected chi connectivity index (χ4v) is 1.85. The van der Waals surface area contributed by atoms with Gasteiger partial charge in [-0.15, -0.1) is 0 Å². The number of aromatic nitrogens is 2. The van der Waals surface area contributed by atoms with Crippen LogP contribution in [0, 0.1) is 12.7 Å². The molecule has 1 aromatic heterocycles. The van der Waals surface area contributed by atoms with Crippen LogP contribution in [-0.2, 0) is 6.54 Å². The number of aldehydes is 1. The van der Waals surface area contributed by atoms with Gasteiger partial charge in [-0.1, -0.05) is 6.07 Å². The molecule has 1 heterocycles. The predicted molar refractivity (Wildman–Crippen MR) is 63.4 cm³/mol. The van der Waals surface area contributed by atoms with Crippen molar-refractivity contribution in [2.45, 2.75) is 20.4 Å². The van der Waals surface area contributed by atoms with Gasteiger partial charge in [-0.3, -0.25) is 9.48 Å². The third-order valence-electron chi connectivity index (χ3n) is 2.84. The summed E-state index contributed by atoms with van der Waals surface area (Å²) in [4.78, 5) is 10.7. The maximum atomic E-state index is 13.2. The van der Waals surface area contributed by atoms with Crippen LogP contribution in [0.25, 0.3) is 11.1 Å². The Labute approximate surface area is 98.9 Å². The van der Waals surface area contributed by atoms with Crippen LogP contribution in [0.4, 0.5) is 4.39 Å². The average molecular weight is 232 g/mol. The van der Waals surface area contributed by atoms with Crippen LogP contribution in [0.3, 0.4) is 0 Å².